The molecule has 0 aliphatic heterocycles. The van der Waals surface area contributed by atoms with Gasteiger partial charge < -0.3 is 14.8 Å². The maximum absolute atomic E-state index is 6.24. The van der Waals surface area contributed by atoms with Crippen molar-refractivity contribution in [3.63, 3.8) is 0 Å². The summed E-state index contributed by atoms with van der Waals surface area (Å²) in [6.45, 7) is 9.22. The number of nitrogens with one attached hydrogen (secondary N) is 1. The molecule has 0 atom stereocenters. The fraction of sp³-hybridized carbons (Fsp3) is 0.667. The second-order valence-electron chi connectivity index (χ2n) is 4.55. The second kappa shape index (κ2) is 10.8. The summed E-state index contributed by atoms with van der Waals surface area (Å²) in [6.07, 6.45) is 0. The number of pyridine rings is 1. The van der Waals surface area contributed by atoms with E-state index in [1.807, 2.05) is 33.0 Å². The van der Waals surface area contributed by atoms with E-state index in [4.69, 9.17) is 21.1 Å². The summed E-state index contributed by atoms with van der Waals surface area (Å²) in [6, 6.07) is 3.75. The number of aromatic nitrogens is 1. The van der Waals surface area contributed by atoms with Crippen molar-refractivity contribution in [3.05, 3.63) is 22.8 Å². The summed E-state index contributed by atoms with van der Waals surface area (Å²) >= 11 is 6.24. The number of nitrogens with zero attached hydrogens (tertiary/aromatic N) is 2. The van der Waals surface area contributed by atoms with Crippen LogP contribution in [-0.4, -0.2) is 56.4 Å². The number of ether oxygens (including phenoxy) is 2. The van der Waals surface area contributed by atoms with E-state index in [1.54, 1.807) is 0 Å². The Labute approximate surface area is 132 Å². The maximum Gasteiger partial charge on any atom is 0.126 e. The SMILES string of the molecule is CCOCCN(CCOCC)Cc1nc(NC)ccc1Cl. The van der Waals surface area contributed by atoms with Crippen LogP contribution < -0.4 is 5.32 Å². The predicted octanol–water partition coefficient (Wildman–Crippen LogP) is 2.65. The zero-order valence-electron chi connectivity index (χ0n) is 13.2. The highest BCUT2D eigenvalue weighted by Gasteiger charge is 2.11. The van der Waals surface area contributed by atoms with Gasteiger partial charge in [-0.15, -0.1) is 0 Å². The minimum atomic E-state index is 0.687. The normalized spacial score (nSPS) is 11.1. The molecule has 0 radical (unpaired) electrons. The third-order valence-electron chi connectivity index (χ3n) is 3.06. The minimum Gasteiger partial charge on any atom is -0.380 e. The minimum absolute atomic E-state index is 0.687. The molecule has 0 aliphatic carbocycles. The average Bonchev–Trinajstić information content (AvgIpc) is 2.49. The van der Waals surface area contributed by atoms with E-state index in [0.29, 0.717) is 24.8 Å². The lowest BCUT2D eigenvalue weighted by atomic mass is 10.3. The molecule has 5 nitrogen and oxygen atoms in total. The summed E-state index contributed by atoms with van der Waals surface area (Å²) in [5.74, 6) is 0.823. The Morgan fingerprint density at radius 1 is 1.14 bits per heavy atom. The number of hydrogen-bond acceptors (Lipinski definition) is 5. The van der Waals surface area contributed by atoms with Crippen molar-refractivity contribution < 1.29 is 9.47 Å². The van der Waals surface area contributed by atoms with Gasteiger partial charge in [-0.25, -0.2) is 4.98 Å². The summed E-state index contributed by atoms with van der Waals surface area (Å²) in [5, 5.41) is 3.72. The Hall–Kier alpha value is -0.880. The Kier molecular flexibility index (Phi) is 9.34. The van der Waals surface area contributed by atoms with E-state index >= 15 is 0 Å². The topological polar surface area (TPSA) is 46.6 Å². The van der Waals surface area contributed by atoms with Gasteiger partial charge >= 0.3 is 0 Å². The standard InChI is InChI=1S/C15H26ClN3O2/c1-4-20-10-8-19(9-11-21-5-2)12-14-13(16)6-7-15(17-3)18-14/h6-7H,4-5,8-12H2,1-3H3,(H,17,18). The fourth-order valence-electron chi connectivity index (χ4n) is 1.89. The van der Waals surface area contributed by atoms with Gasteiger partial charge in [-0.05, 0) is 26.0 Å². The lowest BCUT2D eigenvalue weighted by Crippen LogP contribution is -2.31. The first-order chi connectivity index (χ1) is 10.2. The predicted molar refractivity (Wildman–Crippen MR) is 87.1 cm³/mol. The summed E-state index contributed by atoms with van der Waals surface area (Å²) in [4.78, 5) is 6.77. The number of hydrogen-bond donors (Lipinski definition) is 1. The zero-order chi connectivity index (χ0) is 15.5. The first-order valence-corrected chi connectivity index (χ1v) is 7.80. The van der Waals surface area contributed by atoms with E-state index in [-0.39, 0.29) is 0 Å². The third kappa shape index (κ3) is 7.09. The first kappa shape index (κ1) is 18.2. The van der Waals surface area contributed by atoms with Crippen molar-refractivity contribution in [1.82, 2.24) is 9.88 Å². The molecule has 1 aromatic heterocycles. The van der Waals surface area contributed by atoms with Crippen molar-refractivity contribution in [2.45, 2.75) is 20.4 Å². The van der Waals surface area contributed by atoms with Crippen LogP contribution in [0.25, 0.3) is 0 Å². The van der Waals surface area contributed by atoms with Gasteiger partial charge in [-0.3, -0.25) is 4.90 Å². The second-order valence-corrected chi connectivity index (χ2v) is 4.95. The maximum atomic E-state index is 6.24. The monoisotopic (exact) mass is 315 g/mol. The van der Waals surface area contributed by atoms with Crippen LogP contribution in [0.4, 0.5) is 5.82 Å². The molecule has 6 heteroatoms. The largest absolute Gasteiger partial charge is 0.380 e. The smallest absolute Gasteiger partial charge is 0.126 e. The lowest BCUT2D eigenvalue weighted by molar-refractivity contribution is 0.0793. The molecule has 1 rings (SSSR count). The van der Waals surface area contributed by atoms with Crippen LogP contribution in [-0.2, 0) is 16.0 Å². The molecule has 0 aliphatic rings. The molecule has 0 fully saturated rings. The van der Waals surface area contributed by atoms with Crippen LogP contribution in [0.5, 0.6) is 0 Å². The van der Waals surface area contributed by atoms with Gasteiger partial charge in [-0.2, -0.15) is 0 Å². The molecule has 0 saturated heterocycles. The number of halogens is 1. The van der Waals surface area contributed by atoms with Crippen LogP contribution >= 0.6 is 11.6 Å². The molecule has 0 spiro atoms. The Balaban J connectivity index is 2.64. The molecule has 0 amide bonds. The first-order valence-electron chi connectivity index (χ1n) is 7.42. The van der Waals surface area contributed by atoms with Crippen molar-refractivity contribution in [3.8, 4) is 0 Å². The quantitative estimate of drug-likeness (QED) is 0.636. The van der Waals surface area contributed by atoms with Gasteiger partial charge in [0.05, 0.1) is 23.9 Å². The zero-order valence-corrected chi connectivity index (χ0v) is 13.9. The van der Waals surface area contributed by atoms with E-state index in [9.17, 15) is 0 Å². The Bertz CT molecular complexity index is 395. The molecular weight excluding hydrogens is 290 g/mol. The van der Waals surface area contributed by atoms with Crippen LogP contribution in [0.2, 0.25) is 5.02 Å². The Morgan fingerprint density at radius 3 is 2.29 bits per heavy atom. The van der Waals surface area contributed by atoms with E-state index in [1.165, 1.54) is 0 Å². The Morgan fingerprint density at radius 2 is 1.76 bits per heavy atom. The van der Waals surface area contributed by atoms with E-state index < -0.39 is 0 Å². The van der Waals surface area contributed by atoms with Gasteiger partial charge in [0.1, 0.15) is 5.82 Å². The molecule has 1 N–H and O–H groups in total. The van der Waals surface area contributed by atoms with Crippen molar-refractivity contribution in [2.24, 2.45) is 0 Å². The molecular formula is C15H26ClN3O2. The fourth-order valence-corrected chi connectivity index (χ4v) is 2.06. The number of anilines is 1. The van der Waals surface area contributed by atoms with Gasteiger partial charge in [0, 0.05) is 39.9 Å². The highest BCUT2D eigenvalue weighted by molar-refractivity contribution is 6.31. The number of rotatable bonds is 11. The molecule has 0 aromatic carbocycles. The molecule has 0 saturated carbocycles. The highest BCUT2D eigenvalue weighted by Crippen LogP contribution is 2.18. The van der Waals surface area contributed by atoms with Gasteiger partial charge in [0.15, 0.2) is 0 Å². The van der Waals surface area contributed by atoms with E-state index in [2.05, 4.69) is 15.2 Å². The lowest BCUT2D eigenvalue weighted by Gasteiger charge is -2.22. The third-order valence-corrected chi connectivity index (χ3v) is 3.40. The molecule has 0 bridgehead atoms. The van der Waals surface area contributed by atoms with Crippen LogP contribution in [0, 0.1) is 0 Å². The van der Waals surface area contributed by atoms with Crippen LogP contribution in [0.1, 0.15) is 19.5 Å². The van der Waals surface area contributed by atoms with Gasteiger partial charge in [0.25, 0.3) is 0 Å². The van der Waals surface area contributed by atoms with Crippen LogP contribution in [0.15, 0.2) is 12.1 Å². The van der Waals surface area contributed by atoms with Crippen LogP contribution in [0.3, 0.4) is 0 Å². The van der Waals surface area contributed by atoms with Crippen molar-refractivity contribution in [1.29, 1.82) is 0 Å². The molecule has 0 unspecified atom stereocenters. The molecule has 21 heavy (non-hydrogen) atoms. The highest BCUT2D eigenvalue weighted by atomic mass is 35.5. The summed E-state index contributed by atoms with van der Waals surface area (Å²) in [5.41, 5.74) is 0.872. The molecule has 1 aromatic rings. The van der Waals surface area contributed by atoms with Gasteiger partial charge in [-0.1, -0.05) is 11.6 Å². The van der Waals surface area contributed by atoms with E-state index in [0.717, 1.165) is 37.8 Å². The molecule has 120 valence electrons. The average molecular weight is 316 g/mol. The summed E-state index contributed by atoms with van der Waals surface area (Å²) < 4.78 is 10.9. The van der Waals surface area contributed by atoms with Crippen molar-refractivity contribution >= 4 is 17.4 Å². The molecule has 1 heterocycles. The van der Waals surface area contributed by atoms with Crippen molar-refractivity contribution in [2.75, 3.05) is 51.9 Å². The summed E-state index contributed by atoms with van der Waals surface area (Å²) in [7, 11) is 1.85. The van der Waals surface area contributed by atoms with Gasteiger partial charge in [0.2, 0.25) is 0 Å².